The molecule has 0 bridgehead atoms. The monoisotopic (exact) mass is 332 g/mol. The molecule has 0 atom stereocenters. The van der Waals surface area contributed by atoms with Crippen molar-refractivity contribution in [2.24, 2.45) is 0 Å². The summed E-state index contributed by atoms with van der Waals surface area (Å²) in [6, 6.07) is 7.43. The lowest BCUT2D eigenvalue weighted by Gasteiger charge is -2.10. The first-order chi connectivity index (χ1) is 11.5. The zero-order valence-electron chi connectivity index (χ0n) is 14.6. The van der Waals surface area contributed by atoms with Crippen LogP contribution in [0, 0.1) is 0 Å². The van der Waals surface area contributed by atoms with Crippen LogP contribution in [0.4, 0.5) is 0 Å². The lowest BCUT2D eigenvalue weighted by atomic mass is 10.0. The molecule has 4 nitrogen and oxygen atoms in total. The van der Waals surface area contributed by atoms with E-state index < -0.39 is 11.9 Å². The summed E-state index contributed by atoms with van der Waals surface area (Å²) < 4.78 is 5.31. The first-order valence-corrected chi connectivity index (χ1v) is 8.74. The van der Waals surface area contributed by atoms with Crippen LogP contribution in [0.5, 0.6) is 5.75 Å². The minimum atomic E-state index is -1.18. The first kappa shape index (κ1) is 19.9. The molecule has 1 aromatic carbocycles. The molecule has 0 fully saturated rings. The van der Waals surface area contributed by atoms with Gasteiger partial charge in [0.2, 0.25) is 0 Å². The number of benzene rings is 1. The van der Waals surface area contributed by atoms with E-state index in [2.05, 4.69) is 13.5 Å². The van der Waals surface area contributed by atoms with Crippen molar-refractivity contribution >= 4 is 11.9 Å². The molecule has 1 N–H and O–H groups in total. The van der Waals surface area contributed by atoms with Crippen LogP contribution in [-0.2, 0) is 16.0 Å². The first-order valence-electron chi connectivity index (χ1n) is 8.74. The molecule has 0 spiro atoms. The van der Waals surface area contributed by atoms with Gasteiger partial charge >= 0.3 is 11.9 Å². The molecule has 1 rings (SSSR count). The zero-order chi connectivity index (χ0) is 17.8. The van der Waals surface area contributed by atoms with Crippen LogP contribution >= 0.6 is 0 Å². The Morgan fingerprint density at radius 3 is 2.33 bits per heavy atom. The standard InChI is InChI=1S/C20H28O4/c1-3-4-5-6-7-8-9-12-17-13-10-11-14-18(17)24-19(21)15-16(2)20(22)23/h10-11,13-14H,2-9,12,15H2,1H3,(H,22,23). The molecule has 0 saturated heterocycles. The summed E-state index contributed by atoms with van der Waals surface area (Å²) >= 11 is 0. The summed E-state index contributed by atoms with van der Waals surface area (Å²) in [6.45, 7) is 5.56. The maximum atomic E-state index is 11.8. The van der Waals surface area contributed by atoms with Crippen molar-refractivity contribution in [3.8, 4) is 5.75 Å². The van der Waals surface area contributed by atoms with Gasteiger partial charge in [-0.05, 0) is 24.5 Å². The number of carboxylic acid groups (broad SMARTS) is 1. The fourth-order valence-electron chi connectivity index (χ4n) is 2.49. The third-order valence-corrected chi connectivity index (χ3v) is 3.91. The summed E-state index contributed by atoms with van der Waals surface area (Å²) in [6.07, 6.45) is 9.16. The van der Waals surface area contributed by atoms with Gasteiger partial charge in [-0.1, -0.05) is 70.2 Å². The molecule has 132 valence electrons. The average molecular weight is 332 g/mol. The van der Waals surface area contributed by atoms with Crippen LogP contribution in [0.15, 0.2) is 36.4 Å². The number of ether oxygens (including phenoxy) is 1. The van der Waals surface area contributed by atoms with Crippen molar-refractivity contribution in [3.63, 3.8) is 0 Å². The third-order valence-electron chi connectivity index (χ3n) is 3.91. The van der Waals surface area contributed by atoms with E-state index in [4.69, 9.17) is 9.84 Å². The molecule has 0 aromatic heterocycles. The zero-order valence-corrected chi connectivity index (χ0v) is 14.6. The topological polar surface area (TPSA) is 63.6 Å². The fraction of sp³-hybridized carbons (Fsp3) is 0.500. The van der Waals surface area contributed by atoms with Gasteiger partial charge in [-0.25, -0.2) is 4.79 Å². The second kappa shape index (κ2) is 11.4. The Morgan fingerprint density at radius 2 is 1.67 bits per heavy atom. The molecule has 24 heavy (non-hydrogen) atoms. The molecule has 0 radical (unpaired) electrons. The number of carboxylic acids is 1. The number of carbonyl (C=O) groups excluding carboxylic acids is 1. The molecule has 4 heteroatoms. The normalized spacial score (nSPS) is 10.4. The van der Waals surface area contributed by atoms with Gasteiger partial charge in [-0.15, -0.1) is 0 Å². The van der Waals surface area contributed by atoms with E-state index in [-0.39, 0.29) is 12.0 Å². The van der Waals surface area contributed by atoms with E-state index in [1.807, 2.05) is 18.2 Å². The van der Waals surface area contributed by atoms with Crippen LogP contribution < -0.4 is 4.74 Å². The highest BCUT2D eigenvalue weighted by Crippen LogP contribution is 2.22. The molecule has 0 aliphatic heterocycles. The van der Waals surface area contributed by atoms with Crippen LogP contribution in [0.25, 0.3) is 0 Å². The Balaban J connectivity index is 2.42. The third kappa shape index (κ3) is 7.95. The SMILES string of the molecule is C=C(CC(=O)Oc1ccccc1CCCCCCCCC)C(=O)O. The second-order valence-electron chi connectivity index (χ2n) is 6.04. The highest BCUT2D eigenvalue weighted by atomic mass is 16.5. The number of rotatable bonds is 12. The molecular weight excluding hydrogens is 304 g/mol. The van der Waals surface area contributed by atoms with E-state index >= 15 is 0 Å². The number of hydrogen-bond acceptors (Lipinski definition) is 3. The highest BCUT2D eigenvalue weighted by molar-refractivity contribution is 5.92. The van der Waals surface area contributed by atoms with E-state index in [1.54, 1.807) is 6.07 Å². The molecular formula is C20H28O4. The van der Waals surface area contributed by atoms with Crippen molar-refractivity contribution in [2.45, 2.75) is 64.7 Å². The van der Waals surface area contributed by atoms with Crippen molar-refractivity contribution in [3.05, 3.63) is 42.0 Å². The van der Waals surface area contributed by atoms with Gasteiger partial charge in [-0.3, -0.25) is 4.79 Å². The molecule has 0 amide bonds. The van der Waals surface area contributed by atoms with Crippen LogP contribution in [-0.4, -0.2) is 17.0 Å². The van der Waals surface area contributed by atoms with Gasteiger partial charge in [0.1, 0.15) is 5.75 Å². The van der Waals surface area contributed by atoms with Gasteiger partial charge in [0.15, 0.2) is 0 Å². The Kier molecular flexibility index (Phi) is 9.51. The molecule has 0 saturated carbocycles. The Bertz CT molecular complexity index is 548. The van der Waals surface area contributed by atoms with Gasteiger partial charge in [-0.2, -0.15) is 0 Å². The molecule has 0 unspecified atom stereocenters. The largest absolute Gasteiger partial charge is 0.478 e. The smallest absolute Gasteiger partial charge is 0.331 e. The van der Waals surface area contributed by atoms with Crippen molar-refractivity contribution in [1.82, 2.24) is 0 Å². The lowest BCUT2D eigenvalue weighted by Crippen LogP contribution is -2.13. The highest BCUT2D eigenvalue weighted by Gasteiger charge is 2.14. The summed E-state index contributed by atoms with van der Waals surface area (Å²) in [5.41, 5.74) is 0.824. The Morgan fingerprint density at radius 1 is 1.04 bits per heavy atom. The van der Waals surface area contributed by atoms with Crippen molar-refractivity contribution in [1.29, 1.82) is 0 Å². The minimum absolute atomic E-state index is 0.162. The van der Waals surface area contributed by atoms with Crippen molar-refractivity contribution in [2.75, 3.05) is 0 Å². The second-order valence-corrected chi connectivity index (χ2v) is 6.04. The summed E-state index contributed by atoms with van der Waals surface area (Å²) in [7, 11) is 0. The molecule has 1 aromatic rings. The predicted molar refractivity (Wildman–Crippen MR) is 95.2 cm³/mol. The Hall–Kier alpha value is -2.10. The number of aryl methyl sites for hydroxylation is 1. The predicted octanol–water partition coefficient (Wildman–Crippen LogP) is 4.92. The maximum Gasteiger partial charge on any atom is 0.331 e. The molecule has 0 aliphatic rings. The van der Waals surface area contributed by atoms with Gasteiger partial charge < -0.3 is 9.84 Å². The number of aliphatic carboxylic acids is 1. The number of esters is 1. The number of para-hydroxylation sites is 1. The van der Waals surface area contributed by atoms with E-state index in [0.717, 1.165) is 18.4 Å². The van der Waals surface area contributed by atoms with Crippen LogP contribution in [0.1, 0.15) is 63.9 Å². The number of unbranched alkanes of at least 4 members (excludes halogenated alkanes) is 6. The average Bonchev–Trinajstić information content (AvgIpc) is 2.55. The van der Waals surface area contributed by atoms with Gasteiger partial charge in [0, 0.05) is 5.57 Å². The van der Waals surface area contributed by atoms with Gasteiger partial charge in [0.25, 0.3) is 0 Å². The summed E-state index contributed by atoms with van der Waals surface area (Å²) in [4.78, 5) is 22.5. The maximum absolute atomic E-state index is 11.8. The number of carbonyl (C=O) groups is 2. The Labute approximate surface area is 144 Å². The molecule has 0 heterocycles. The van der Waals surface area contributed by atoms with Gasteiger partial charge in [0.05, 0.1) is 6.42 Å². The lowest BCUT2D eigenvalue weighted by molar-refractivity contribution is -0.138. The van der Waals surface area contributed by atoms with E-state index in [1.165, 1.54) is 38.5 Å². The van der Waals surface area contributed by atoms with Crippen LogP contribution in [0.3, 0.4) is 0 Å². The fourth-order valence-corrected chi connectivity index (χ4v) is 2.49. The van der Waals surface area contributed by atoms with E-state index in [9.17, 15) is 9.59 Å². The quantitative estimate of drug-likeness (QED) is 0.255. The minimum Gasteiger partial charge on any atom is -0.478 e. The number of hydrogen-bond donors (Lipinski definition) is 1. The molecule has 0 aliphatic carbocycles. The van der Waals surface area contributed by atoms with Crippen LogP contribution in [0.2, 0.25) is 0 Å². The van der Waals surface area contributed by atoms with Crippen molar-refractivity contribution < 1.29 is 19.4 Å². The van der Waals surface area contributed by atoms with E-state index in [0.29, 0.717) is 5.75 Å². The summed E-state index contributed by atoms with van der Waals surface area (Å²) in [5.74, 6) is -1.25. The summed E-state index contributed by atoms with van der Waals surface area (Å²) in [5, 5.41) is 8.76.